The number of carbonyl (C=O) groups excluding carboxylic acids is 2. The van der Waals surface area contributed by atoms with Gasteiger partial charge in [-0.05, 0) is 49.9 Å². The molecule has 2 rings (SSSR count). The summed E-state index contributed by atoms with van der Waals surface area (Å²) >= 11 is 0. The molecule has 5 nitrogen and oxygen atoms in total. The van der Waals surface area contributed by atoms with Gasteiger partial charge in [0.25, 0.3) is 11.8 Å². The van der Waals surface area contributed by atoms with Crippen molar-refractivity contribution in [1.82, 2.24) is 10.4 Å². The fourth-order valence-corrected chi connectivity index (χ4v) is 3.73. The number of ether oxygens (including phenoxy) is 1. The van der Waals surface area contributed by atoms with Gasteiger partial charge in [0.1, 0.15) is 5.75 Å². The van der Waals surface area contributed by atoms with Crippen molar-refractivity contribution in [1.29, 1.82) is 0 Å². The molecule has 0 fully saturated rings. The number of hydrazine groups is 1. The predicted molar refractivity (Wildman–Crippen MR) is 121 cm³/mol. The lowest BCUT2D eigenvalue weighted by Crippen LogP contribution is -2.56. The highest BCUT2D eigenvalue weighted by molar-refractivity contribution is 6.00. The first-order valence-corrected chi connectivity index (χ1v) is 10.4. The molecular weight excluding hydrogens is 376 g/mol. The van der Waals surface area contributed by atoms with E-state index in [0.717, 1.165) is 24.0 Å². The molecule has 0 saturated heterocycles. The number of amides is 2. The summed E-state index contributed by atoms with van der Waals surface area (Å²) in [5.41, 5.74) is 5.66. The monoisotopic (exact) mass is 410 g/mol. The number of nitrogens with zero attached hydrogens (tertiary/aromatic N) is 1. The SMILES string of the molecule is CCCC(N(NC(=O)c1ccccc1OC)C(=O)c1cc(C)cc(C)c1)C(C)(C)C. The molecule has 1 N–H and O–H groups in total. The highest BCUT2D eigenvalue weighted by atomic mass is 16.5. The average molecular weight is 411 g/mol. The molecule has 0 bridgehead atoms. The lowest BCUT2D eigenvalue weighted by atomic mass is 9.83. The van der Waals surface area contributed by atoms with E-state index in [-0.39, 0.29) is 23.3 Å². The van der Waals surface area contributed by atoms with E-state index >= 15 is 0 Å². The fraction of sp³-hybridized carbons (Fsp3) is 0.440. The fourth-order valence-electron chi connectivity index (χ4n) is 3.73. The summed E-state index contributed by atoms with van der Waals surface area (Å²) in [6.45, 7) is 12.3. The summed E-state index contributed by atoms with van der Waals surface area (Å²) in [6.07, 6.45) is 1.66. The van der Waals surface area contributed by atoms with Crippen molar-refractivity contribution in [2.24, 2.45) is 5.41 Å². The maximum atomic E-state index is 13.6. The topological polar surface area (TPSA) is 58.6 Å². The van der Waals surface area contributed by atoms with Crippen LogP contribution in [0.3, 0.4) is 0 Å². The number of benzene rings is 2. The summed E-state index contributed by atoms with van der Waals surface area (Å²) in [7, 11) is 1.53. The van der Waals surface area contributed by atoms with Crippen LogP contribution in [0.5, 0.6) is 5.75 Å². The van der Waals surface area contributed by atoms with Gasteiger partial charge in [-0.3, -0.25) is 15.0 Å². The van der Waals surface area contributed by atoms with E-state index in [4.69, 9.17) is 4.74 Å². The summed E-state index contributed by atoms with van der Waals surface area (Å²) in [6, 6.07) is 12.6. The van der Waals surface area contributed by atoms with E-state index in [1.165, 1.54) is 12.1 Å². The number of para-hydroxylation sites is 1. The number of hydrogen-bond donors (Lipinski definition) is 1. The average Bonchev–Trinajstić information content (AvgIpc) is 2.68. The molecule has 0 spiro atoms. The third-order valence-electron chi connectivity index (χ3n) is 5.13. The molecule has 30 heavy (non-hydrogen) atoms. The number of carbonyl (C=O) groups is 2. The Hall–Kier alpha value is -2.82. The third kappa shape index (κ3) is 5.62. The molecule has 0 aliphatic rings. The molecule has 0 aromatic heterocycles. The zero-order valence-corrected chi connectivity index (χ0v) is 19.2. The Kier molecular flexibility index (Phi) is 7.65. The second-order valence-corrected chi connectivity index (χ2v) is 8.86. The minimum absolute atomic E-state index is 0.172. The van der Waals surface area contributed by atoms with Crippen LogP contribution in [0.15, 0.2) is 42.5 Å². The first-order chi connectivity index (χ1) is 14.1. The zero-order chi connectivity index (χ0) is 22.5. The van der Waals surface area contributed by atoms with Crippen molar-refractivity contribution in [2.45, 2.75) is 60.4 Å². The Morgan fingerprint density at radius 3 is 2.20 bits per heavy atom. The number of hydrogen-bond acceptors (Lipinski definition) is 3. The van der Waals surface area contributed by atoms with Gasteiger partial charge in [0.05, 0.1) is 18.7 Å². The number of rotatable bonds is 6. The molecule has 2 aromatic carbocycles. The van der Waals surface area contributed by atoms with Crippen molar-refractivity contribution in [3.05, 3.63) is 64.7 Å². The van der Waals surface area contributed by atoms with Crippen LogP contribution in [0.25, 0.3) is 0 Å². The normalized spacial score (nSPS) is 12.2. The first kappa shape index (κ1) is 23.5. The molecule has 5 heteroatoms. The number of methoxy groups -OCH3 is 1. The molecule has 0 aliphatic carbocycles. The molecule has 0 aliphatic heterocycles. The van der Waals surface area contributed by atoms with Gasteiger partial charge in [-0.25, -0.2) is 5.01 Å². The van der Waals surface area contributed by atoms with E-state index in [2.05, 4.69) is 33.1 Å². The van der Waals surface area contributed by atoms with E-state index < -0.39 is 0 Å². The zero-order valence-electron chi connectivity index (χ0n) is 19.2. The molecule has 1 atom stereocenters. The smallest absolute Gasteiger partial charge is 0.273 e. The van der Waals surface area contributed by atoms with Gasteiger partial charge in [0.2, 0.25) is 0 Å². The summed E-state index contributed by atoms with van der Waals surface area (Å²) in [5.74, 6) is -0.106. The van der Waals surface area contributed by atoms with E-state index in [9.17, 15) is 9.59 Å². The van der Waals surface area contributed by atoms with Gasteiger partial charge in [0, 0.05) is 5.56 Å². The molecule has 0 heterocycles. The van der Waals surface area contributed by atoms with E-state index in [1.54, 1.807) is 18.2 Å². The highest BCUT2D eigenvalue weighted by Crippen LogP contribution is 2.29. The number of aryl methyl sites for hydroxylation is 2. The van der Waals surface area contributed by atoms with Gasteiger partial charge in [-0.2, -0.15) is 0 Å². The van der Waals surface area contributed by atoms with Crippen molar-refractivity contribution in [3.63, 3.8) is 0 Å². The number of nitrogens with one attached hydrogen (secondary N) is 1. The lowest BCUT2D eigenvalue weighted by molar-refractivity contribution is 0.0270. The van der Waals surface area contributed by atoms with Crippen LogP contribution in [0.1, 0.15) is 72.4 Å². The van der Waals surface area contributed by atoms with Crippen LogP contribution in [0.4, 0.5) is 0 Å². The first-order valence-electron chi connectivity index (χ1n) is 10.4. The van der Waals surface area contributed by atoms with Crippen LogP contribution < -0.4 is 10.2 Å². The van der Waals surface area contributed by atoms with Gasteiger partial charge in [-0.15, -0.1) is 0 Å². The van der Waals surface area contributed by atoms with E-state index in [0.29, 0.717) is 16.9 Å². The minimum Gasteiger partial charge on any atom is -0.496 e. The van der Waals surface area contributed by atoms with Crippen molar-refractivity contribution in [2.75, 3.05) is 7.11 Å². The minimum atomic E-state index is -0.365. The van der Waals surface area contributed by atoms with Gasteiger partial charge < -0.3 is 4.74 Å². The molecule has 0 saturated carbocycles. The van der Waals surface area contributed by atoms with Crippen molar-refractivity contribution >= 4 is 11.8 Å². The van der Waals surface area contributed by atoms with Crippen LogP contribution in [-0.4, -0.2) is 30.0 Å². The Labute approximate surface area is 180 Å². The second-order valence-electron chi connectivity index (χ2n) is 8.86. The third-order valence-corrected chi connectivity index (χ3v) is 5.13. The maximum Gasteiger partial charge on any atom is 0.273 e. The van der Waals surface area contributed by atoms with Gasteiger partial charge >= 0.3 is 0 Å². The molecule has 162 valence electrons. The molecule has 1 unspecified atom stereocenters. The van der Waals surface area contributed by atoms with E-state index in [1.807, 2.05) is 38.1 Å². The largest absolute Gasteiger partial charge is 0.496 e. The molecule has 2 aromatic rings. The van der Waals surface area contributed by atoms with Crippen LogP contribution in [0.2, 0.25) is 0 Å². The van der Waals surface area contributed by atoms with Crippen molar-refractivity contribution < 1.29 is 14.3 Å². The Bertz CT molecular complexity index is 879. The Balaban J connectivity index is 2.49. The molecule has 2 amide bonds. The van der Waals surface area contributed by atoms with Gasteiger partial charge in [0.15, 0.2) is 0 Å². The molecular formula is C25H34N2O3. The standard InChI is InChI=1S/C25H34N2O3/c1-8-11-22(25(4,5)6)27(24(29)19-15-17(2)14-18(3)16-19)26-23(28)20-12-9-10-13-21(20)30-7/h9-10,12-16,22H,8,11H2,1-7H3,(H,26,28). The summed E-state index contributed by atoms with van der Waals surface area (Å²) in [5, 5.41) is 1.52. The highest BCUT2D eigenvalue weighted by Gasteiger charge is 2.35. The quantitative estimate of drug-likeness (QED) is 0.656. The Morgan fingerprint density at radius 1 is 1.07 bits per heavy atom. The summed E-state index contributed by atoms with van der Waals surface area (Å²) in [4.78, 5) is 26.8. The Morgan fingerprint density at radius 2 is 1.67 bits per heavy atom. The molecule has 0 radical (unpaired) electrons. The van der Waals surface area contributed by atoms with Crippen LogP contribution in [-0.2, 0) is 0 Å². The maximum absolute atomic E-state index is 13.6. The van der Waals surface area contributed by atoms with Crippen molar-refractivity contribution in [3.8, 4) is 5.75 Å². The van der Waals surface area contributed by atoms with Crippen LogP contribution >= 0.6 is 0 Å². The predicted octanol–water partition coefficient (Wildman–Crippen LogP) is 5.31. The summed E-state index contributed by atoms with van der Waals surface area (Å²) < 4.78 is 5.34. The van der Waals surface area contributed by atoms with Crippen LogP contribution in [0, 0.1) is 19.3 Å². The lowest BCUT2D eigenvalue weighted by Gasteiger charge is -2.40. The second kappa shape index (κ2) is 9.79. The van der Waals surface area contributed by atoms with Gasteiger partial charge in [-0.1, -0.05) is 63.4 Å².